The van der Waals surface area contributed by atoms with Crippen LogP contribution in [-0.2, 0) is 19.0 Å². The van der Waals surface area contributed by atoms with Crippen LogP contribution in [-0.4, -0.2) is 0 Å². The van der Waals surface area contributed by atoms with Crippen LogP contribution in [0.3, 0.4) is 0 Å². The summed E-state index contributed by atoms with van der Waals surface area (Å²) < 4.78 is 0. The smallest absolute Gasteiger partial charge is 0.00258 e. The summed E-state index contributed by atoms with van der Waals surface area (Å²) in [5.41, 5.74) is 8.17. The van der Waals surface area contributed by atoms with E-state index < -0.39 is 0 Å². The summed E-state index contributed by atoms with van der Waals surface area (Å²) in [5.74, 6) is 0. The number of rotatable bonds is 5. The van der Waals surface area contributed by atoms with E-state index in [9.17, 15) is 0 Å². The van der Waals surface area contributed by atoms with Crippen molar-refractivity contribution in [1.82, 2.24) is 0 Å². The van der Waals surface area contributed by atoms with Crippen molar-refractivity contribution in [2.45, 2.75) is 25.9 Å². The van der Waals surface area contributed by atoms with Gasteiger partial charge in [-0.2, -0.15) is 0 Å². The minimum Gasteiger partial charge on any atom is -0.133 e. The highest BCUT2D eigenvalue weighted by atomic mass is 31.0. The number of aryl methyl sites for hydroxylation is 1. The topological polar surface area (TPSA) is 0 Å². The molecular formula is C22H23P. The molecule has 0 radical (unpaired) electrons. The van der Waals surface area contributed by atoms with Crippen LogP contribution >= 0.6 is 9.24 Å². The van der Waals surface area contributed by atoms with Gasteiger partial charge in [-0.3, -0.25) is 0 Å². The Morgan fingerprint density at radius 1 is 0.522 bits per heavy atom. The lowest BCUT2D eigenvalue weighted by atomic mass is 9.99. The first-order chi connectivity index (χ1) is 11.2. The summed E-state index contributed by atoms with van der Waals surface area (Å²) in [7, 11) is 2.77. The van der Waals surface area contributed by atoms with E-state index in [2.05, 4.69) is 89.0 Å². The molecule has 3 aromatic carbocycles. The van der Waals surface area contributed by atoms with E-state index in [1.165, 1.54) is 33.4 Å². The zero-order chi connectivity index (χ0) is 16.1. The SMILES string of the molecule is Cc1ccc(Cc2ccc(Cc3ccc(CP)cc3)cc2)cc1. The Morgan fingerprint density at radius 3 is 1.17 bits per heavy atom. The fourth-order valence-corrected chi connectivity index (χ4v) is 3.02. The van der Waals surface area contributed by atoms with Gasteiger partial charge in [0.2, 0.25) is 0 Å². The molecule has 0 N–H and O–H groups in total. The van der Waals surface area contributed by atoms with Crippen LogP contribution in [0.2, 0.25) is 0 Å². The van der Waals surface area contributed by atoms with Gasteiger partial charge in [0.25, 0.3) is 0 Å². The van der Waals surface area contributed by atoms with Crippen molar-refractivity contribution < 1.29 is 0 Å². The third-order valence-corrected chi connectivity index (χ3v) is 4.69. The first-order valence-corrected chi connectivity index (χ1v) is 8.96. The van der Waals surface area contributed by atoms with Crippen molar-refractivity contribution in [3.05, 3.63) is 106 Å². The highest BCUT2D eigenvalue weighted by Gasteiger charge is 2.00. The van der Waals surface area contributed by atoms with E-state index in [1.807, 2.05) is 0 Å². The van der Waals surface area contributed by atoms with E-state index in [1.54, 1.807) is 0 Å². The van der Waals surface area contributed by atoms with Gasteiger partial charge < -0.3 is 0 Å². The number of hydrogen-bond acceptors (Lipinski definition) is 0. The molecule has 0 saturated carbocycles. The van der Waals surface area contributed by atoms with Crippen LogP contribution in [0, 0.1) is 6.92 Å². The van der Waals surface area contributed by atoms with Crippen LogP contribution in [0.1, 0.15) is 33.4 Å². The fraction of sp³-hybridized carbons (Fsp3) is 0.182. The quantitative estimate of drug-likeness (QED) is 0.541. The predicted molar refractivity (Wildman–Crippen MR) is 103 cm³/mol. The second-order valence-corrected chi connectivity index (χ2v) is 6.58. The molecule has 0 fully saturated rings. The lowest BCUT2D eigenvalue weighted by Crippen LogP contribution is -1.92. The molecule has 0 heterocycles. The maximum Gasteiger partial charge on any atom is -0.00258 e. The highest BCUT2D eigenvalue weighted by Crippen LogP contribution is 2.15. The Bertz CT molecular complexity index is 737. The zero-order valence-electron chi connectivity index (χ0n) is 13.6. The Morgan fingerprint density at radius 2 is 0.826 bits per heavy atom. The summed E-state index contributed by atoms with van der Waals surface area (Å²) in [6.07, 6.45) is 3.03. The van der Waals surface area contributed by atoms with Crippen molar-refractivity contribution >= 4 is 9.24 Å². The number of benzene rings is 3. The van der Waals surface area contributed by atoms with Crippen molar-refractivity contribution in [1.29, 1.82) is 0 Å². The summed E-state index contributed by atoms with van der Waals surface area (Å²) >= 11 is 0. The van der Waals surface area contributed by atoms with E-state index in [4.69, 9.17) is 0 Å². The maximum atomic E-state index is 2.77. The molecule has 116 valence electrons. The molecule has 0 aliphatic rings. The highest BCUT2D eigenvalue weighted by molar-refractivity contribution is 7.15. The van der Waals surface area contributed by atoms with E-state index in [0.717, 1.165) is 19.0 Å². The van der Waals surface area contributed by atoms with Crippen molar-refractivity contribution in [3.8, 4) is 0 Å². The minimum atomic E-state index is 1.00. The molecule has 1 heteroatoms. The Kier molecular flexibility index (Phi) is 5.26. The summed E-state index contributed by atoms with van der Waals surface area (Å²) in [6, 6.07) is 26.7. The second kappa shape index (κ2) is 7.57. The largest absolute Gasteiger partial charge is 0.133 e. The minimum absolute atomic E-state index is 1.00. The Hall–Kier alpha value is -1.91. The molecular weight excluding hydrogens is 295 g/mol. The average Bonchev–Trinajstić information content (AvgIpc) is 2.59. The first-order valence-electron chi connectivity index (χ1n) is 8.14. The summed E-state index contributed by atoms with van der Waals surface area (Å²) in [6.45, 7) is 2.13. The van der Waals surface area contributed by atoms with Crippen molar-refractivity contribution in [2.24, 2.45) is 0 Å². The molecule has 0 spiro atoms. The Labute approximate surface area is 141 Å². The lowest BCUT2D eigenvalue weighted by Gasteiger charge is -2.06. The van der Waals surface area contributed by atoms with E-state index in [0.29, 0.717) is 0 Å². The molecule has 0 aliphatic heterocycles. The molecule has 1 unspecified atom stereocenters. The molecule has 0 bridgehead atoms. The monoisotopic (exact) mass is 318 g/mol. The molecule has 3 rings (SSSR count). The molecule has 3 aromatic rings. The van der Waals surface area contributed by atoms with Gasteiger partial charge in [-0.1, -0.05) is 78.4 Å². The molecule has 0 amide bonds. The predicted octanol–water partition coefficient (Wildman–Crippen LogP) is 5.55. The van der Waals surface area contributed by atoms with Gasteiger partial charge >= 0.3 is 0 Å². The second-order valence-electron chi connectivity index (χ2n) is 6.18. The molecule has 23 heavy (non-hydrogen) atoms. The normalized spacial score (nSPS) is 10.7. The molecule has 1 atom stereocenters. The summed E-state index contributed by atoms with van der Waals surface area (Å²) in [5, 5.41) is 0. The molecule has 0 saturated heterocycles. The fourth-order valence-electron chi connectivity index (χ4n) is 2.75. The van der Waals surface area contributed by atoms with Crippen molar-refractivity contribution in [2.75, 3.05) is 0 Å². The Balaban J connectivity index is 1.65. The summed E-state index contributed by atoms with van der Waals surface area (Å²) in [4.78, 5) is 0. The van der Waals surface area contributed by atoms with Crippen LogP contribution < -0.4 is 0 Å². The van der Waals surface area contributed by atoms with Crippen LogP contribution in [0.15, 0.2) is 72.8 Å². The standard InChI is InChI=1S/C22H23P/c1-17-2-4-18(5-3-17)14-19-6-8-20(9-7-19)15-21-10-12-22(16-23)13-11-21/h2-13H,14-16,23H2,1H3. The first kappa shape index (κ1) is 16.0. The third-order valence-electron chi connectivity index (χ3n) is 4.22. The van der Waals surface area contributed by atoms with E-state index in [-0.39, 0.29) is 0 Å². The molecule has 0 aliphatic carbocycles. The zero-order valence-corrected chi connectivity index (χ0v) is 14.8. The van der Waals surface area contributed by atoms with Gasteiger partial charge in [0, 0.05) is 0 Å². The van der Waals surface area contributed by atoms with Crippen molar-refractivity contribution in [3.63, 3.8) is 0 Å². The van der Waals surface area contributed by atoms with E-state index >= 15 is 0 Å². The lowest BCUT2D eigenvalue weighted by molar-refractivity contribution is 1.15. The number of hydrogen-bond donors (Lipinski definition) is 0. The van der Waals surface area contributed by atoms with Gasteiger partial charge in [0.15, 0.2) is 0 Å². The van der Waals surface area contributed by atoms with Gasteiger partial charge in [0.05, 0.1) is 0 Å². The molecule has 0 nitrogen and oxygen atoms in total. The maximum absolute atomic E-state index is 2.77. The van der Waals surface area contributed by atoms with Crippen LogP contribution in [0.25, 0.3) is 0 Å². The van der Waals surface area contributed by atoms with Crippen LogP contribution in [0.5, 0.6) is 0 Å². The van der Waals surface area contributed by atoms with Gasteiger partial charge in [-0.15, -0.1) is 9.24 Å². The average molecular weight is 318 g/mol. The third kappa shape index (κ3) is 4.53. The van der Waals surface area contributed by atoms with Gasteiger partial charge in [-0.25, -0.2) is 0 Å². The van der Waals surface area contributed by atoms with Gasteiger partial charge in [0.1, 0.15) is 0 Å². The molecule has 0 aromatic heterocycles. The van der Waals surface area contributed by atoms with Gasteiger partial charge in [-0.05, 0) is 53.7 Å². The van der Waals surface area contributed by atoms with Crippen LogP contribution in [0.4, 0.5) is 0 Å².